The highest BCUT2D eigenvalue weighted by Gasteiger charge is 2.39. The topological polar surface area (TPSA) is 9.23 Å². The lowest BCUT2D eigenvalue weighted by Gasteiger charge is -2.26. The molecule has 124 valence electrons. The van der Waals surface area contributed by atoms with E-state index >= 15 is 0 Å². The van der Waals surface area contributed by atoms with Crippen LogP contribution in [0.25, 0.3) is 0 Å². The van der Waals surface area contributed by atoms with Gasteiger partial charge in [-0.1, -0.05) is 6.07 Å². The van der Waals surface area contributed by atoms with E-state index in [0.717, 1.165) is 11.1 Å². The predicted octanol–water partition coefficient (Wildman–Crippen LogP) is 4.49. The van der Waals surface area contributed by atoms with Crippen molar-refractivity contribution in [3.05, 3.63) is 58.4 Å². The second-order valence-electron chi connectivity index (χ2n) is 5.88. The third-order valence-corrected chi connectivity index (χ3v) is 5.77. The van der Waals surface area contributed by atoms with Gasteiger partial charge in [-0.3, -0.25) is 0 Å². The molecule has 0 N–H and O–H groups in total. The Morgan fingerprint density at radius 1 is 0.696 bits per heavy atom. The van der Waals surface area contributed by atoms with Crippen LogP contribution in [-0.4, -0.2) is 8.32 Å². The zero-order chi connectivity index (χ0) is 17.5. The summed E-state index contributed by atoms with van der Waals surface area (Å²) in [4.78, 5) is 0. The van der Waals surface area contributed by atoms with Gasteiger partial charge in [0.2, 0.25) is 5.82 Å². The summed E-state index contributed by atoms with van der Waals surface area (Å²) in [7, 11) is -3.44. The monoisotopic (exact) mass is 346 g/mol. The molecule has 0 aliphatic heterocycles. The third-order valence-electron chi connectivity index (χ3n) is 3.38. The minimum atomic E-state index is -3.44. The lowest BCUT2D eigenvalue weighted by atomic mass is 10.1. The molecule has 2 rings (SSSR count). The molecule has 0 aromatic heterocycles. The summed E-state index contributed by atoms with van der Waals surface area (Å²) in [6, 6.07) is 5.17. The number of halogens is 5. The summed E-state index contributed by atoms with van der Waals surface area (Å²) < 4.78 is 73.6. The molecule has 0 atom stereocenters. The first kappa shape index (κ1) is 17.5. The molecule has 0 radical (unpaired) electrons. The molecule has 0 unspecified atom stereocenters. The smallest absolute Gasteiger partial charge is 0.282 e. The van der Waals surface area contributed by atoms with Crippen molar-refractivity contribution in [3.8, 4) is 5.75 Å². The lowest BCUT2D eigenvalue weighted by molar-refractivity contribution is 0.382. The van der Waals surface area contributed by atoms with Crippen LogP contribution < -0.4 is 9.61 Å². The molecule has 1 nitrogen and oxygen atoms in total. The van der Waals surface area contributed by atoms with Gasteiger partial charge in [0.1, 0.15) is 5.75 Å². The maximum atomic E-state index is 14.0. The van der Waals surface area contributed by atoms with Crippen LogP contribution in [0.3, 0.4) is 0 Å². The number of benzene rings is 2. The van der Waals surface area contributed by atoms with Crippen molar-refractivity contribution in [2.45, 2.75) is 26.9 Å². The predicted molar refractivity (Wildman–Crippen MR) is 79.9 cm³/mol. The van der Waals surface area contributed by atoms with Crippen molar-refractivity contribution in [2.24, 2.45) is 0 Å². The molecule has 0 amide bonds. The summed E-state index contributed by atoms with van der Waals surface area (Å²) in [5.41, 5.74) is 1.73. The molecular weight excluding hydrogens is 331 g/mol. The highest BCUT2D eigenvalue weighted by molar-refractivity contribution is 6.85. The van der Waals surface area contributed by atoms with Crippen LogP contribution in [0.2, 0.25) is 13.1 Å². The first-order valence-corrected chi connectivity index (χ1v) is 9.74. The third kappa shape index (κ3) is 3.24. The normalized spacial score (nSPS) is 11.7. The van der Waals surface area contributed by atoms with E-state index in [4.69, 9.17) is 4.43 Å². The summed E-state index contributed by atoms with van der Waals surface area (Å²) in [6.07, 6.45) is 0. The van der Waals surface area contributed by atoms with Crippen LogP contribution in [0.4, 0.5) is 22.0 Å². The molecule has 0 fully saturated rings. The van der Waals surface area contributed by atoms with Gasteiger partial charge in [0.15, 0.2) is 23.3 Å². The van der Waals surface area contributed by atoms with Crippen molar-refractivity contribution in [1.29, 1.82) is 0 Å². The van der Waals surface area contributed by atoms with Crippen LogP contribution in [0, 0.1) is 42.9 Å². The fourth-order valence-electron chi connectivity index (χ4n) is 2.47. The quantitative estimate of drug-likeness (QED) is 0.344. The van der Waals surface area contributed by atoms with Crippen LogP contribution in [-0.2, 0) is 0 Å². The van der Waals surface area contributed by atoms with Gasteiger partial charge < -0.3 is 4.43 Å². The van der Waals surface area contributed by atoms with Gasteiger partial charge in [-0.2, -0.15) is 0 Å². The molecule has 7 heteroatoms. The van der Waals surface area contributed by atoms with Gasteiger partial charge in [0.25, 0.3) is 8.32 Å². The largest absolute Gasteiger partial charge is 0.539 e. The maximum Gasteiger partial charge on any atom is 0.282 e. The second kappa shape index (κ2) is 5.96. The summed E-state index contributed by atoms with van der Waals surface area (Å²) in [5, 5.41) is -0.868. The molecular formula is C16H15F5OSi. The van der Waals surface area contributed by atoms with E-state index in [9.17, 15) is 22.0 Å². The molecule has 0 aliphatic rings. The number of hydrogen-bond donors (Lipinski definition) is 0. The Morgan fingerprint density at radius 2 is 1.09 bits per heavy atom. The molecule has 0 bridgehead atoms. The molecule has 0 heterocycles. The van der Waals surface area contributed by atoms with Crippen LogP contribution >= 0.6 is 0 Å². The fraction of sp³-hybridized carbons (Fsp3) is 0.250. The van der Waals surface area contributed by atoms with E-state index in [1.54, 1.807) is 12.1 Å². The van der Waals surface area contributed by atoms with Gasteiger partial charge in [0.05, 0.1) is 5.19 Å². The molecule has 0 saturated carbocycles. The van der Waals surface area contributed by atoms with Crippen LogP contribution in [0.15, 0.2) is 18.2 Å². The van der Waals surface area contributed by atoms with Crippen LogP contribution in [0.1, 0.15) is 11.1 Å². The highest BCUT2D eigenvalue weighted by Crippen LogP contribution is 2.24. The van der Waals surface area contributed by atoms with Crippen molar-refractivity contribution < 1.29 is 26.4 Å². The van der Waals surface area contributed by atoms with E-state index < -0.39 is 42.6 Å². The average molecular weight is 346 g/mol. The first-order chi connectivity index (χ1) is 10.5. The second-order valence-corrected chi connectivity index (χ2v) is 9.61. The SMILES string of the molecule is Cc1cc(C)cc(O[Si](C)(C)c2c(F)c(F)c(F)c(F)c2F)c1. The Morgan fingerprint density at radius 3 is 1.52 bits per heavy atom. The first-order valence-electron chi connectivity index (χ1n) is 6.84. The zero-order valence-electron chi connectivity index (χ0n) is 13.0. The highest BCUT2D eigenvalue weighted by atomic mass is 28.4. The van der Waals surface area contributed by atoms with Gasteiger partial charge in [-0.05, 0) is 50.2 Å². The Kier molecular flexibility index (Phi) is 4.52. The Balaban J connectivity index is 2.56. The van der Waals surface area contributed by atoms with Gasteiger partial charge >= 0.3 is 0 Å². The van der Waals surface area contributed by atoms with E-state index in [1.807, 2.05) is 19.9 Å². The summed E-state index contributed by atoms with van der Waals surface area (Å²) in [6.45, 7) is 6.38. The van der Waals surface area contributed by atoms with E-state index in [0.29, 0.717) is 5.75 Å². The minimum absolute atomic E-state index is 0.336. The van der Waals surface area contributed by atoms with Crippen molar-refractivity contribution >= 4 is 13.5 Å². The number of rotatable bonds is 3. The Labute approximate surface area is 131 Å². The Hall–Kier alpha value is -1.89. The molecule has 2 aromatic carbocycles. The summed E-state index contributed by atoms with van der Waals surface area (Å²) >= 11 is 0. The lowest BCUT2D eigenvalue weighted by Crippen LogP contribution is -2.52. The average Bonchev–Trinajstić information content (AvgIpc) is 2.41. The van der Waals surface area contributed by atoms with Crippen molar-refractivity contribution in [1.82, 2.24) is 0 Å². The van der Waals surface area contributed by atoms with Crippen molar-refractivity contribution in [3.63, 3.8) is 0 Å². The molecule has 23 heavy (non-hydrogen) atoms. The van der Waals surface area contributed by atoms with Crippen LogP contribution in [0.5, 0.6) is 5.75 Å². The molecule has 0 spiro atoms. The minimum Gasteiger partial charge on any atom is -0.539 e. The molecule has 2 aromatic rings. The van der Waals surface area contributed by atoms with E-state index in [-0.39, 0.29) is 0 Å². The summed E-state index contributed by atoms with van der Waals surface area (Å²) in [5.74, 6) is -9.40. The van der Waals surface area contributed by atoms with Gasteiger partial charge in [-0.15, -0.1) is 0 Å². The fourth-order valence-corrected chi connectivity index (χ4v) is 4.56. The van der Waals surface area contributed by atoms with Gasteiger partial charge in [-0.25, -0.2) is 22.0 Å². The number of aryl methyl sites for hydroxylation is 2. The molecule has 0 aliphatic carbocycles. The zero-order valence-corrected chi connectivity index (χ0v) is 14.0. The number of hydrogen-bond acceptors (Lipinski definition) is 1. The van der Waals surface area contributed by atoms with Gasteiger partial charge in [0, 0.05) is 0 Å². The molecule has 0 saturated heterocycles. The van der Waals surface area contributed by atoms with E-state index in [1.165, 1.54) is 13.1 Å². The van der Waals surface area contributed by atoms with E-state index in [2.05, 4.69) is 0 Å². The standard InChI is InChI=1S/C16H15F5OSi/c1-8-5-9(2)7-10(6-8)22-23(3,4)16-14(20)12(18)11(17)13(19)15(16)21/h5-7H,1-4H3. The Bertz CT molecular complexity index is 724. The maximum absolute atomic E-state index is 14.0. The van der Waals surface area contributed by atoms with Crippen molar-refractivity contribution in [2.75, 3.05) is 0 Å².